The SMILES string of the molecule is CC(=O)C(=CN)c1ccc(OCC2(N=O)CC(F)(F)C2)c(C2CC2)n1. The third kappa shape index (κ3) is 3.52. The lowest BCUT2D eigenvalue weighted by Crippen LogP contribution is -2.53. The minimum atomic E-state index is -2.86. The number of halogens is 2. The predicted molar refractivity (Wildman–Crippen MR) is 87.3 cm³/mol. The third-order valence-corrected chi connectivity index (χ3v) is 4.54. The summed E-state index contributed by atoms with van der Waals surface area (Å²) in [4.78, 5) is 27.1. The Morgan fingerprint density at radius 2 is 2.12 bits per heavy atom. The number of ketones is 1. The Bertz CT molecular complexity index is 737. The molecule has 0 spiro atoms. The fourth-order valence-corrected chi connectivity index (χ4v) is 3.08. The number of pyridine rings is 1. The Balaban J connectivity index is 1.80. The molecule has 0 amide bonds. The van der Waals surface area contributed by atoms with E-state index in [0.29, 0.717) is 22.7 Å². The lowest BCUT2D eigenvalue weighted by molar-refractivity contribution is -0.131. The van der Waals surface area contributed by atoms with Gasteiger partial charge in [-0.15, -0.1) is 0 Å². The molecule has 0 atom stereocenters. The van der Waals surface area contributed by atoms with Gasteiger partial charge in [-0.25, -0.2) is 13.8 Å². The van der Waals surface area contributed by atoms with E-state index in [1.807, 2.05) is 0 Å². The number of Topliss-reactive ketones (excluding diaryl/α,β-unsaturated/α-hetero) is 1. The lowest BCUT2D eigenvalue weighted by atomic mass is 9.75. The molecule has 2 fully saturated rings. The van der Waals surface area contributed by atoms with Crippen molar-refractivity contribution in [3.05, 3.63) is 34.6 Å². The minimum Gasteiger partial charge on any atom is -0.489 e. The van der Waals surface area contributed by atoms with Gasteiger partial charge in [0.2, 0.25) is 0 Å². The zero-order valence-corrected chi connectivity index (χ0v) is 13.8. The first-order valence-corrected chi connectivity index (χ1v) is 8.08. The molecular formula is C17H19F2N3O3. The average Bonchev–Trinajstić information content (AvgIpc) is 3.36. The van der Waals surface area contributed by atoms with Crippen LogP contribution in [0, 0.1) is 4.91 Å². The maximum absolute atomic E-state index is 13.1. The molecule has 25 heavy (non-hydrogen) atoms. The number of nitrogens with zero attached hydrogens (tertiary/aromatic N) is 2. The number of carbonyl (C=O) groups excluding carboxylic acids is 1. The first kappa shape index (κ1) is 17.4. The number of carbonyl (C=O) groups is 1. The molecule has 2 aliphatic carbocycles. The van der Waals surface area contributed by atoms with Crippen LogP contribution in [-0.4, -0.2) is 28.8 Å². The highest BCUT2D eigenvalue weighted by Gasteiger charge is 2.59. The Labute approximate surface area is 143 Å². The molecular weight excluding hydrogens is 332 g/mol. The molecule has 0 aromatic carbocycles. The number of aromatic nitrogens is 1. The molecule has 0 bridgehead atoms. The summed E-state index contributed by atoms with van der Waals surface area (Å²) in [6.07, 6.45) is 1.88. The molecule has 0 aliphatic heterocycles. The predicted octanol–water partition coefficient (Wildman–Crippen LogP) is 3.16. The molecule has 0 unspecified atom stereocenters. The monoisotopic (exact) mass is 351 g/mol. The Kier molecular flexibility index (Phi) is 4.30. The van der Waals surface area contributed by atoms with Crippen molar-refractivity contribution in [3.63, 3.8) is 0 Å². The second-order valence-electron chi connectivity index (χ2n) is 6.80. The first-order chi connectivity index (χ1) is 11.8. The van der Waals surface area contributed by atoms with Crippen molar-refractivity contribution in [1.29, 1.82) is 0 Å². The molecule has 1 heterocycles. The molecule has 2 saturated carbocycles. The summed E-state index contributed by atoms with van der Waals surface area (Å²) in [5.74, 6) is -2.43. The van der Waals surface area contributed by atoms with Crippen molar-refractivity contribution in [2.45, 2.75) is 50.0 Å². The smallest absolute Gasteiger partial charge is 0.253 e. The molecule has 3 rings (SSSR count). The van der Waals surface area contributed by atoms with Crippen LogP contribution in [-0.2, 0) is 4.79 Å². The number of hydrogen-bond donors (Lipinski definition) is 1. The second-order valence-corrected chi connectivity index (χ2v) is 6.80. The van der Waals surface area contributed by atoms with Gasteiger partial charge in [0.25, 0.3) is 5.92 Å². The number of alkyl halides is 2. The van der Waals surface area contributed by atoms with E-state index in [0.717, 1.165) is 12.8 Å². The number of nitrogens with two attached hydrogens (primary N) is 1. The maximum Gasteiger partial charge on any atom is 0.253 e. The standard InChI is InChI=1S/C17H19F2N3O3/c1-10(23)12(6-20)13-4-5-14(15(21-13)11-2-3-11)25-9-16(22-24)7-17(18,19)8-16/h4-6,11H,2-3,7-9,20H2,1H3. The van der Waals surface area contributed by atoms with Crippen LogP contribution in [0.4, 0.5) is 8.78 Å². The largest absolute Gasteiger partial charge is 0.489 e. The van der Waals surface area contributed by atoms with Crippen molar-refractivity contribution in [2.24, 2.45) is 10.9 Å². The Hall–Kier alpha value is -2.38. The van der Waals surface area contributed by atoms with Gasteiger partial charge in [0.1, 0.15) is 17.9 Å². The molecule has 2 aliphatic rings. The van der Waals surface area contributed by atoms with Crippen LogP contribution < -0.4 is 10.5 Å². The van der Waals surface area contributed by atoms with E-state index in [4.69, 9.17) is 10.5 Å². The fourth-order valence-electron chi connectivity index (χ4n) is 3.08. The summed E-state index contributed by atoms with van der Waals surface area (Å²) >= 11 is 0. The van der Waals surface area contributed by atoms with E-state index < -0.39 is 24.3 Å². The summed E-state index contributed by atoms with van der Waals surface area (Å²) in [5, 5.41) is 2.86. The molecule has 8 heteroatoms. The van der Waals surface area contributed by atoms with Crippen molar-refractivity contribution in [1.82, 2.24) is 4.98 Å². The van der Waals surface area contributed by atoms with Crippen molar-refractivity contribution in [3.8, 4) is 5.75 Å². The fraction of sp³-hybridized carbons (Fsp3) is 0.529. The average molecular weight is 351 g/mol. The van der Waals surface area contributed by atoms with Crippen LogP contribution in [0.1, 0.15) is 49.9 Å². The minimum absolute atomic E-state index is 0.198. The summed E-state index contributed by atoms with van der Waals surface area (Å²) in [6.45, 7) is 1.19. The highest BCUT2D eigenvalue weighted by atomic mass is 19.3. The van der Waals surface area contributed by atoms with Gasteiger partial charge >= 0.3 is 0 Å². The Morgan fingerprint density at radius 1 is 1.44 bits per heavy atom. The van der Waals surface area contributed by atoms with Gasteiger partial charge in [0.15, 0.2) is 5.78 Å². The third-order valence-electron chi connectivity index (χ3n) is 4.54. The van der Waals surface area contributed by atoms with E-state index in [9.17, 15) is 18.5 Å². The van der Waals surface area contributed by atoms with Gasteiger partial charge < -0.3 is 10.5 Å². The lowest BCUT2D eigenvalue weighted by Gasteiger charge is -2.41. The van der Waals surface area contributed by atoms with Crippen LogP contribution in [0.5, 0.6) is 5.75 Å². The van der Waals surface area contributed by atoms with Gasteiger partial charge in [-0.2, -0.15) is 4.91 Å². The van der Waals surface area contributed by atoms with Gasteiger partial charge in [-0.3, -0.25) is 4.79 Å². The zero-order valence-electron chi connectivity index (χ0n) is 13.8. The van der Waals surface area contributed by atoms with Crippen LogP contribution in [0.3, 0.4) is 0 Å². The topological polar surface area (TPSA) is 94.6 Å². The first-order valence-electron chi connectivity index (χ1n) is 8.08. The van der Waals surface area contributed by atoms with Gasteiger partial charge in [0.05, 0.1) is 17.0 Å². The Morgan fingerprint density at radius 3 is 2.60 bits per heavy atom. The van der Waals surface area contributed by atoms with Crippen molar-refractivity contribution < 1.29 is 18.3 Å². The van der Waals surface area contributed by atoms with E-state index >= 15 is 0 Å². The second kappa shape index (κ2) is 6.16. The number of ether oxygens (including phenoxy) is 1. The van der Waals surface area contributed by atoms with Crippen LogP contribution >= 0.6 is 0 Å². The molecule has 0 saturated heterocycles. The van der Waals surface area contributed by atoms with E-state index in [-0.39, 0.29) is 18.3 Å². The molecule has 2 N–H and O–H groups in total. The molecule has 1 aromatic rings. The van der Waals surface area contributed by atoms with E-state index in [2.05, 4.69) is 10.2 Å². The number of rotatable bonds is 7. The summed E-state index contributed by atoms with van der Waals surface area (Å²) in [6, 6.07) is 3.23. The molecule has 6 nitrogen and oxygen atoms in total. The molecule has 134 valence electrons. The van der Waals surface area contributed by atoms with Gasteiger partial charge in [-0.1, -0.05) is 5.18 Å². The molecule has 0 radical (unpaired) electrons. The van der Waals surface area contributed by atoms with E-state index in [1.165, 1.54) is 13.1 Å². The van der Waals surface area contributed by atoms with Gasteiger partial charge in [-0.05, 0) is 31.9 Å². The van der Waals surface area contributed by atoms with Crippen LogP contribution in [0.2, 0.25) is 0 Å². The number of allylic oxidation sites excluding steroid dienone is 1. The van der Waals surface area contributed by atoms with Gasteiger partial charge in [0, 0.05) is 25.0 Å². The van der Waals surface area contributed by atoms with Crippen LogP contribution in [0.15, 0.2) is 23.5 Å². The summed E-state index contributed by atoms with van der Waals surface area (Å²) < 4.78 is 31.8. The summed E-state index contributed by atoms with van der Waals surface area (Å²) in [7, 11) is 0. The van der Waals surface area contributed by atoms with E-state index in [1.54, 1.807) is 12.1 Å². The normalized spacial score (nSPS) is 21.3. The maximum atomic E-state index is 13.1. The summed E-state index contributed by atoms with van der Waals surface area (Å²) in [5.41, 5.74) is 5.52. The number of nitroso groups, excluding NO2 is 1. The number of hydrogen-bond acceptors (Lipinski definition) is 6. The van der Waals surface area contributed by atoms with Crippen molar-refractivity contribution in [2.75, 3.05) is 6.61 Å². The highest BCUT2D eigenvalue weighted by molar-refractivity contribution is 6.18. The van der Waals surface area contributed by atoms with Crippen LogP contribution in [0.25, 0.3) is 5.57 Å². The van der Waals surface area contributed by atoms with Crippen molar-refractivity contribution >= 4 is 11.4 Å². The highest BCUT2D eigenvalue weighted by Crippen LogP contribution is 2.49. The quantitative estimate of drug-likeness (QED) is 0.601. The zero-order chi connectivity index (χ0) is 18.2. The molecule has 1 aromatic heterocycles.